The molecule has 0 fully saturated rings. The second-order valence-electron chi connectivity index (χ2n) is 6.98. The Kier molecular flexibility index (Phi) is 4.72. The van der Waals surface area contributed by atoms with E-state index >= 15 is 0 Å². The predicted octanol–water partition coefficient (Wildman–Crippen LogP) is 4.41. The van der Waals surface area contributed by atoms with Crippen molar-refractivity contribution in [1.29, 1.82) is 0 Å². The number of carbonyl (C=O) groups is 1. The van der Waals surface area contributed by atoms with Crippen LogP contribution in [0.2, 0.25) is 0 Å². The van der Waals surface area contributed by atoms with E-state index in [0.29, 0.717) is 23.0 Å². The van der Waals surface area contributed by atoms with Crippen LogP contribution in [0.5, 0.6) is 0 Å². The van der Waals surface area contributed by atoms with Gasteiger partial charge in [0.2, 0.25) is 11.7 Å². The minimum absolute atomic E-state index is 0.189. The largest absolute Gasteiger partial charge is 0.339 e. The van der Waals surface area contributed by atoms with Gasteiger partial charge in [-0.15, -0.1) is 0 Å². The van der Waals surface area contributed by atoms with Crippen LogP contribution >= 0.6 is 0 Å². The van der Waals surface area contributed by atoms with Crippen LogP contribution in [0.3, 0.4) is 0 Å². The van der Waals surface area contributed by atoms with Crippen molar-refractivity contribution in [3.05, 3.63) is 76.9 Å². The number of hydrogen-bond donors (Lipinski definition) is 1. The SMILES string of the molecule is Cc1nc(-c2ccc(C)c(-n3cc(C(=O)Nc4ccccc4C)c(C)n3)c2)no1. The van der Waals surface area contributed by atoms with Crippen molar-refractivity contribution in [3.63, 3.8) is 0 Å². The fourth-order valence-electron chi connectivity index (χ4n) is 3.12. The summed E-state index contributed by atoms with van der Waals surface area (Å²) in [6.07, 6.45) is 1.75. The number of para-hydroxylation sites is 1. The molecule has 0 spiro atoms. The van der Waals surface area contributed by atoms with Crippen molar-refractivity contribution < 1.29 is 9.32 Å². The maximum atomic E-state index is 12.8. The number of carbonyl (C=O) groups excluding carboxylic acids is 1. The average molecular weight is 387 g/mol. The summed E-state index contributed by atoms with van der Waals surface area (Å²) < 4.78 is 6.80. The molecule has 1 N–H and O–H groups in total. The standard InChI is InChI=1S/C22H21N5O2/c1-13-7-5-6-8-19(13)24-22(28)18-12-27(25-15(18)3)20-11-17(10-9-14(20)2)21-23-16(4)29-26-21/h5-12H,1-4H3,(H,24,28). The quantitative estimate of drug-likeness (QED) is 0.561. The van der Waals surface area contributed by atoms with Crippen LogP contribution in [0.1, 0.15) is 33.1 Å². The lowest BCUT2D eigenvalue weighted by Crippen LogP contribution is -2.13. The summed E-state index contributed by atoms with van der Waals surface area (Å²) in [7, 11) is 0. The molecule has 4 rings (SSSR count). The molecule has 0 saturated carbocycles. The molecule has 2 aromatic carbocycles. The summed E-state index contributed by atoms with van der Waals surface area (Å²) >= 11 is 0. The smallest absolute Gasteiger partial charge is 0.259 e. The summed E-state index contributed by atoms with van der Waals surface area (Å²) in [5.74, 6) is 0.836. The fourth-order valence-corrected chi connectivity index (χ4v) is 3.12. The van der Waals surface area contributed by atoms with Gasteiger partial charge in [-0.3, -0.25) is 4.79 Å². The van der Waals surface area contributed by atoms with Crippen molar-refractivity contribution in [1.82, 2.24) is 19.9 Å². The number of benzene rings is 2. The highest BCUT2D eigenvalue weighted by Crippen LogP contribution is 2.24. The van der Waals surface area contributed by atoms with E-state index < -0.39 is 0 Å². The molecule has 2 aromatic heterocycles. The second kappa shape index (κ2) is 7.35. The van der Waals surface area contributed by atoms with E-state index in [2.05, 4.69) is 20.6 Å². The number of amides is 1. The Morgan fingerprint density at radius 1 is 1.03 bits per heavy atom. The van der Waals surface area contributed by atoms with Gasteiger partial charge in [-0.2, -0.15) is 10.1 Å². The molecule has 0 atom stereocenters. The van der Waals surface area contributed by atoms with E-state index in [-0.39, 0.29) is 5.91 Å². The predicted molar refractivity (Wildman–Crippen MR) is 110 cm³/mol. The minimum Gasteiger partial charge on any atom is -0.339 e. The van der Waals surface area contributed by atoms with Crippen molar-refractivity contribution in [2.45, 2.75) is 27.7 Å². The first-order valence-electron chi connectivity index (χ1n) is 9.27. The molecule has 2 heterocycles. The zero-order valence-corrected chi connectivity index (χ0v) is 16.7. The lowest BCUT2D eigenvalue weighted by atomic mass is 10.1. The van der Waals surface area contributed by atoms with Gasteiger partial charge in [0.1, 0.15) is 0 Å². The van der Waals surface area contributed by atoms with Gasteiger partial charge in [-0.25, -0.2) is 4.68 Å². The van der Waals surface area contributed by atoms with E-state index in [4.69, 9.17) is 4.52 Å². The van der Waals surface area contributed by atoms with E-state index in [9.17, 15) is 4.79 Å². The highest BCUT2D eigenvalue weighted by Gasteiger charge is 2.17. The molecular formula is C22H21N5O2. The molecule has 7 heteroatoms. The molecule has 0 unspecified atom stereocenters. The third-order valence-electron chi connectivity index (χ3n) is 4.78. The topological polar surface area (TPSA) is 85.8 Å². The van der Waals surface area contributed by atoms with Crippen LogP contribution in [-0.4, -0.2) is 25.8 Å². The van der Waals surface area contributed by atoms with Crippen LogP contribution in [0.4, 0.5) is 5.69 Å². The number of aromatic nitrogens is 4. The maximum Gasteiger partial charge on any atom is 0.259 e. The maximum absolute atomic E-state index is 12.8. The Hall–Kier alpha value is -3.74. The number of nitrogens with zero attached hydrogens (tertiary/aromatic N) is 4. The molecule has 146 valence electrons. The summed E-state index contributed by atoms with van der Waals surface area (Å²) in [6.45, 7) is 7.53. The van der Waals surface area contributed by atoms with Gasteiger partial charge in [-0.05, 0) is 44.0 Å². The van der Waals surface area contributed by atoms with E-state index in [0.717, 1.165) is 28.1 Å². The highest BCUT2D eigenvalue weighted by molar-refractivity contribution is 6.05. The first-order valence-corrected chi connectivity index (χ1v) is 9.27. The van der Waals surface area contributed by atoms with Crippen LogP contribution in [-0.2, 0) is 0 Å². The molecule has 0 bridgehead atoms. The lowest BCUT2D eigenvalue weighted by Gasteiger charge is -2.08. The Bertz CT molecular complexity index is 1210. The van der Waals surface area contributed by atoms with Gasteiger partial charge in [0.15, 0.2) is 0 Å². The Labute approximate surface area is 168 Å². The molecule has 1 amide bonds. The highest BCUT2D eigenvalue weighted by atomic mass is 16.5. The van der Waals surface area contributed by atoms with Gasteiger partial charge >= 0.3 is 0 Å². The fraction of sp³-hybridized carbons (Fsp3) is 0.182. The first kappa shape index (κ1) is 18.6. The molecular weight excluding hydrogens is 366 g/mol. The Morgan fingerprint density at radius 2 is 1.83 bits per heavy atom. The molecule has 0 aliphatic carbocycles. The van der Waals surface area contributed by atoms with Gasteiger partial charge in [-0.1, -0.05) is 35.5 Å². The first-order chi connectivity index (χ1) is 13.9. The van der Waals surface area contributed by atoms with Crippen LogP contribution < -0.4 is 5.32 Å². The van der Waals surface area contributed by atoms with Crippen LogP contribution in [0.15, 0.2) is 53.2 Å². The van der Waals surface area contributed by atoms with Crippen molar-refractivity contribution >= 4 is 11.6 Å². The normalized spacial score (nSPS) is 10.9. The molecule has 7 nitrogen and oxygen atoms in total. The molecule has 0 aliphatic rings. The molecule has 4 aromatic rings. The minimum atomic E-state index is -0.189. The van der Waals surface area contributed by atoms with Crippen LogP contribution in [0, 0.1) is 27.7 Å². The van der Waals surface area contributed by atoms with Crippen molar-refractivity contribution in [2.24, 2.45) is 0 Å². The van der Waals surface area contributed by atoms with Gasteiger partial charge < -0.3 is 9.84 Å². The zero-order valence-electron chi connectivity index (χ0n) is 16.7. The average Bonchev–Trinajstić information content (AvgIpc) is 3.30. The molecule has 0 radical (unpaired) electrons. The van der Waals surface area contributed by atoms with Gasteiger partial charge in [0.05, 0.1) is 16.9 Å². The Morgan fingerprint density at radius 3 is 2.55 bits per heavy atom. The number of anilines is 1. The van der Waals surface area contributed by atoms with E-state index in [1.807, 2.05) is 63.2 Å². The van der Waals surface area contributed by atoms with Crippen molar-refractivity contribution in [3.8, 4) is 17.1 Å². The number of rotatable bonds is 4. The molecule has 0 aliphatic heterocycles. The Balaban J connectivity index is 1.67. The number of aryl methyl sites for hydroxylation is 4. The zero-order chi connectivity index (χ0) is 20.5. The van der Waals surface area contributed by atoms with E-state index in [1.165, 1.54) is 0 Å². The molecule has 0 saturated heterocycles. The number of hydrogen-bond acceptors (Lipinski definition) is 5. The third-order valence-corrected chi connectivity index (χ3v) is 4.78. The second-order valence-corrected chi connectivity index (χ2v) is 6.98. The number of nitrogens with one attached hydrogen (secondary N) is 1. The monoisotopic (exact) mass is 387 g/mol. The summed E-state index contributed by atoms with van der Waals surface area (Å²) in [5.41, 5.74) is 5.65. The summed E-state index contributed by atoms with van der Waals surface area (Å²) in [5, 5.41) is 11.5. The summed E-state index contributed by atoms with van der Waals surface area (Å²) in [6, 6.07) is 13.5. The van der Waals surface area contributed by atoms with Gasteiger partial charge in [0, 0.05) is 24.4 Å². The molecule has 29 heavy (non-hydrogen) atoms. The lowest BCUT2D eigenvalue weighted by molar-refractivity contribution is 0.102. The van der Waals surface area contributed by atoms with E-state index in [1.54, 1.807) is 17.8 Å². The summed E-state index contributed by atoms with van der Waals surface area (Å²) in [4.78, 5) is 17.1. The van der Waals surface area contributed by atoms with Crippen molar-refractivity contribution in [2.75, 3.05) is 5.32 Å². The van der Waals surface area contributed by atoms with Gasteiger partial charge in [0.25, 0.3) is 5.91 Å². The third kappa shape index (κ3) is 3.67. The van der Waals surface area contributed by atoms with Crippen LogP contribution in [0.25, 0.3) is 17.1 Å².